The Hall–Kier alpha value is -0.0800. The predicted molar refractivity (Wildman–Crippen MR) is 38.9 cm³/mol. The molecule has 0 aromatic carbocycles. The molecule has 0 saturated carbocycles. The van der Waals surface area contributed by atoms with Crippen LogP contribution in [0.1, 0.15) is 20.3 Å². The van der Waals surface area contributed by atoms with Crippen LogP contribution in [0.4, 0.5) is 0 Å². The van der Waals surface area contributed by atoms with Crippen molar-refractivity contribution in [2.24, 2.45) is 17.6 Å². The third-order valence-electron chi connectivity index (χ3n) is 2.09. The molecule has 0 amide bonds. The van der Waals surface area contributed by atoms with E-state index in [-0.39, 0.29) is 6.17 Å². The summed E-state index contributed by atoms with van der Waals surface area (Å²) in [6.07, 6.45) is 1.51. The highest BCUT2D eigenvalue weighted by Gasteiger charge is 2.20. The largest absolute Gasteiger partial charge is 0.316 e. The summed E-state index contributed by atoms with van der Waals surface area (Å²) in [6, 6.07) is 0. The average molecular weight is 128 g/mol. The molecule has 0 aromatic rings. The lowest BCUT2D eigenvalue weighted by molar-refractivity contribution is 0.248. The van der Waals surface area contributed by atoms with Gasteiger partial charge < -0.3 is 11.1 Å². The van der Waals surface area contributed by atoms with Gasteiger partial charge in [0.1, 0.15) is 0 Å². The van der Waals surface area contributed by atoms with Gasteiger partial charge in [0.2, 0.25) is 0 Å². The zero-order chi connectivity index (χ0) is 6.85. The summed E-state index contributed by atoms with van der Waals surface area (Å²) in [5, 5.41) is 3.26. The Kier molecular flexibility index (Phi) is 2.09. The lowest BCUT2D eigenvalue weighted by atomic mass is 9.91. The molecule has 0 aromatic heterocycles. The van der Waals surface area contributed by atoms with Crippen molar-refractivity contribution in [3.63, 3.8) is 0 Å². The molecule has 1 saturated heterocycles. The minimum absolute atomic E-state index is 0.237. The summed E-state index contributed by atoms with van der Waals surface area (Å²) in [4.78, 5) is 0. The number of nitrogens with one attached hydrogen (secondary N) is 1. The van der Waals surface area contributed by atoms with Crippen LogP contribution >= 0.6 is 0 Å². The van der Waals surface area contributed by atoms with E-state index < -0.39 is 0 Å². The number of piperidine rings is 1. The normalized spacial score (nSPS) is 45.0. The van der Waals surface area contributed by atoms with E-state index in [0.29, 0.717) is 5.92 Å². The maximum Gasteiger partial charge on any atom is 0.0572 e. The Morgan fingerprint density at radius 1 is 1.44 bits per heavy atom. The quantitative estimate of drug-likeness (QED) is 0.499. The highest BCUT2D eigenvalue weighted by atomic mass is 15.0. The Morgan fingerprint density at radius 2 is 2.11 bits per heavy atom. The van der Waals surface area contributed by atoms with Crippen LogP contribution in [0.3, 0.4) is 0 Å². The zero-order valence-electron chi connectivity index (χ0n) is 6.22. The molecule has 1 aliphatic heterocycles. The summed E-state index contributed by atoms with van der Waals surface area (Å²) in [5.74, 6) is 1.45. The number of hydrogen-bond acceptors (Lipinski definition) is 2. The first kappa shape index (κ1) is 7.03. The van der Waals surface area contributed by atoms with Crippen molar-refractivity contribution in [3.05, 3.63) is 0 Å². The third kappa shape index (κ3) is 1.66. The van der Waals surface area contributed by atoms with E-state index >= 15 is 0 Å². The van der Waals surface area contributed by atoms with Gasteiger partial charge in [-0.3, -0.25) is 0 Å². The van der Waals surface area contributed by atoms with Crippen LogP contribution in [0.5, 0.6) is 0 Å². The molecule has 9 heavy (non-hydrogen) atoms. The predicted octanol–water partition coefficient (Wildman–Crippen LogP) is 0.537. The van der Waals surface area contributed by atoms with Crippen molar-refractivity contribution in [2.75, 3.05) is 6.54 Å². The monoisotopic (exact) mass is 128 g/mol. The lowest BCUT2D eigenvalue weighted by Gasteiger charge is -2.30. The molecular weight excluding hydrogens is 112 g/mol. The third-order valence-corrected chi connectivity index (χ3v) is 2.09. The van der Waals surface area contributed by atoms with Gasteiger partial charge in [0, 0.05) is 0 Å². The van der Waals surface area contributed by atoms with E-state index in [1.54, 1.807) is 0 Å². The number of nitrogens with two attached hydrogens (primary N) is 1. The fourth-order valence-corrected chi connectivity index (χ4v) is 1.40. The number of hydrogen-bond donors (Lipinski definition) is 2. The Morgan fingerprint density at radius 3 is 2.56 bits per heavy atom. The summed E-state index contributed by atoms with van der Waals surface area (Å²) in [5.41, 5.74) is 5.73. The molecule has 1 heterocycles. The SMILES string of the molecule is CC1CNC(N)C(C)C1. The highest BCUT2D eigenvalue weighted by Crippen LogP contribution is 2.16. The summed E-state index contributed by atoms with van der Waals surface area (Å²) < 4.78 is 0. The van der Waals surface area contributed by atoms with Gasteiger partial charge in [0.25, 0.3) is 0 Å². The zero-order valence-corrected chi connectivity index (χ0v) is 6.22. The standard InChI is InChI=1S/C7H16N2/c1-5-3-6(2)7(8)9-4-5/h5-7,9H,3-4,8H2,1-2H3. The molecule has 3 N–H and O–H groups in total. The van der Waals surface area contributed by atoms with Crippen LogP contribution in [0.15, 0.2) is 0 Å². The molecule has 1 rings (SSSR count). The molecule has 3 atom stereocenters. The first-order chi connectivity index (χ1) is 4.20. The Bertz CT molecular complexity index is 92.9. The molecule has 0 bridgehead atoms. The summed E-state index contributed by atoms with van der Waals surface area (Å²) in [7, 11) is 0. The van der Waals surface area contributed by atoms with E-state index in [0.717, 1.165) is 12.5 Å². The van der Waals surface area contributed by atoms with Gasteiger partial charge in [-0.05, 0) is 24.8 Å². The topological polar surface area (TPSA) is 38.0 Å². The van der Waals surface area contributed by atoms with Crippen molar-refractivity contribution < 1.29 is 0 Å². The average Bonchev–Trinajstić information content (AvgIpc) is 1.80. The molecule has 3 unspecified atom stereocenters. The molecule has 2 nitrogen and oxygen atoms in total. The second-order valence-corrected chi connectivity index (χ2v) is 3.25. The molecule has 2 heteroatoms. The van der Waals surface area contributed by atoms with Gasteiger partial charge in [-0.1, -0.05) is 13.8 Å². The number of rotatable bonds is 0. The lowest BCUT2D eigenvalue weighted by Crippen LogP contribution is -2.49. The van der Waals surface area contributed by atoms with Gasteiger partial charge in [0.05, 0.1) is 6.17 Å². The van der Waals surface area contributed by atoms with Gasteiger partial charge >= 0.3 is 0 Å². The molecular formula is C7H16N2. The van der Waals surface area contributed by atoms with Crippen molar-refractivity contribution in [1.82, 2.24) is 5.32 Å². The van der Waals surface area contributed by atoms with Crippen molar-refractivity contribution >= 4 is 0 Å². The minimum atomic E-state index is 0.237. The molecule has 0 spiro atoms. The highest BCUT2D eigenvalue weighted by molar-refractivity contribution is 4.76. The Balaban J connectivity index is 2.35. The first-order valence-electron chi connectivity index (χ1n) is 3.69. The van der Waals surface area contributed by atoms with Crippen LogP contribution < -0.4 is 11.1 Å². The first-order valence-corrected chi connectivity index (χ1v) is 3.69. The van der Waals surface area contributed by atoms with Crippen LogP contribution in [-0.2, 0) is 0 Å². The molecule has 54 valence electrons. The van der Waals surface area contributed by atoms with E-state index in [9.17, 15) is 0 Å². The summed E-state index contributed by atoms with van der Waals surface area (Å²) >= 11 is 0. The second kappa shape index (κ2) is 2.67. The van der Waals surface area contributed by atoms with Gasteiger partial charge in [-0.2, -0.15) is 0 Å². The second-order valence-electron chi connectivity index (χ2n) is 3.25. The maximum atomic E-state index is 5.73. The van der Waals surface area contributed by atoms with E-state index in [1.165, 1.54) is 6.42 Å². The van der Waals surface area contributed by atoms with Crippen LogP contribution in [0.25, 0.3) is 0 Å². The maximum absolute atomic E-state index is 5.73. The Labute approximate surface area is 56.8 Å². The van der Waals surface area contributed by atoms with E-state index in [4.69, 9.17) is 5.73 Å². The fraction of sp³-hybridized carbons (Fsp3) is 1.00. The molecule has 1 fully saturated rings. The molecule has 0 aliphatic carbocycles. The van der Waals surface area contributed by atoms with Crippen LogP contribution in [0.2, 0.25) is 0 Å². The van der Waals surface area contributed by atoms with Crippen LogP contribution in [-0.4, -0.2) is 12.7 Å². The van der Waals surface area contributed by atoms with E-state index in [2.05, 4.69) is 19.2 Å². The minimum Gasteiger partial charge on any atom is -0.316 e. The fourth-order valence-electron chi connectivity index (χ4n) is 1.40. The van der Waals surface area contributed by atoms with Crippen molar-refractivity contribution in [3.8, 4) is 0 Å². The van der Waals surface area contributed by atoms with Crippen molar-refractivity contribution in [2.45, 2.75) is 26.4 Å². The molecule has 0 radical (unpaired) electrons. The molecule has 1 aliphatic rings. The van der Waals surface area contributed by atoms with Crippen LogP contribution in [0, 0.1) is 11.8 Å². The van der Waals surface area contributed by atoms with E-state index in [1.807, 2.05) is 0 Å². The van der Waals surface area contributed by atoms with Crippen molar-refractivity contribution in [1.29, 1.82) is 0 Å². The smallest absolute Gasteiger partial charge is 0.0572 e. The van der Waals surface area contributed by atoms with Gasteiger partial charge in [0.15, 0.2) is 0 Å². The van der Waals surface area contributed by atoms with Gasteiger partial charge in [-0.15, -0.1) is 0 Å². The van der Waals surface area contributed by atoms with Gasteiger partial charge in [-0.25, -0.2) is 0 Å². The summed E-state index contributed by atoms with van der Waals surface area (Å²) in [6.45, 7) is 5.55.